The third-order valence-electron chi connectivity index (χ3n) is 3.75. The van der Waals surface area contributed by atoms with Crippen LogP contribution in [0.5, 0.6) is 0 Å². The van der Waals surface area contributed by atoms with Crippen molar-refractivity contribution in [2.24, 2.45) is 0 Å². The van der Waals surface area contributed by atoms with E-state index in [1.54, 1.807) is 5.56 Å². The summed E-state index contributed by atoms with van der Waals surface area (Å²) >= 11 is 0. The molecule has 0 radical (unpaired) electrons. The quantitative estimate of drug-likeness (QED) is 0.838. The maximum atomic E-state index is 3.34. The molecule has 1 aliphatic heterocycles. The zero-order chi connectivity index (χ0) is 11.7. The van der Waals surface area contributed by atoms with E-state index in [1.165, 1.54) is 17.7 Å². The highest BCUT2D eigenvalue weighted by Crippen LogP contribution is 2.39. The van der Waals surface area contributed by atoms with Crippen molar-refractivity contribution in [3.8, 4) is 0 Å². The van der Waals surface area contributed by atoms with Crippen molar-refractivity contribution >= 4 is 5.69 Å². The fraction of sp³-hybridized carbons (Fsp3) is 0.571. The second-order valence-electron chi connectivity index (χ2n) is 5.01. The van der Waals surface area contributed by atoms with Crippen molar-refractivity contribution < 1.29 is 0 Å². The van der Waals surface area contributed by atoms with Gasteiger partial charge in [-0.3, -0.25) is 0 Å². The minimum Gasteiger partial charge on any atom is -0.374 e. The maximum absolute atomic E-state index is 3.34. The van der Waals surface area contributed by atoms with Gasteiger partial charge < -0.3 is 10.2 Å². The molecule has 2 unspecified atom stereocenters. The van der Waals surface area contributed by atoms with Crippen LogP contribution in [-0.2, 0) is 0 Å². The molecule has 1 N–H and O–H groups in total. The summed E-state index contributed by atoms with van der Waals surface area (Å²) < 4.78 is 0. The first-order valence-electron chi connectivity index (χ1n) is 6.11. The minimum atomic E-state index is 0.587. The van der Waals surface area contributed by atoms with Crippen molar-refractivity contribution in [3.63, 3.8) is 0 Å². The van der Waals surface area contributed by atoms with Crippen LogP contribution < -0.4 is 10.2 Å². The van der Waals surface area contributed by atoms with Gasteiger partial charge in [-0.2, -0.15) is 0 Å². The predicted octanol–water partition coefficient (Wildman–Crippen LogP) is 2.53. The summed E-state index contributed by atoms with van der Waals surface area (Å²) in [5.41, 5.74) is 4.43. The molecular formula is C14H22N2. The number of anilines is 1. The van der Waals surface area contributed by atoms with Crippen LogP contribution in [-0.4, -0.2) is 26.7 Å². The summed E-state index contributed by atoms with van der Waals surface area (Å²) in [4.78, 5) is 2.38. The summed E-state index contributed by atoms with van der Waals surface area (Å²) in [5, 5.41) is 3.34. The lowest BCUT2D eigenvalue weighted by Gasteiger charge is -2.17. The monoisotopic (exact) mass is 218 g/mol. The lowest BCUT2D eigenvalue weighted by molar-refractivity contribution is 0.508. The molecule has 1 aliphatic rings. The van der Waals surface area contributed by atoms with Crippen molar-refractivity contribution in [1.82, 2.24) is 5.32 Å². The number of hydrogen-bond donors (Lipinski definition) is 1. The van der Waals surface area contributed by atoms with Crippen LogP contribution in [0, 0.1) is 6.92 Å². The molecule has 0 fully saturated rings. The van der Waals surface area contributed by atoms with E-state index in [-0.39, 0.29) is 0 Å². The van der Waals surface area contributed by atoms with Gasteiger partial charge in [0.1, 0.15) is 0 Å². The normalized spacial score (nSPS) is 21.0. The first kappa shape index (κ1) is 11.5. The number of fused-ring (bicyclic) bond motifs is 1. The van der Waals surface area contributed by atoms with Crippen LogP contribution >= 0.6 is 0 Å². The van der Waals surface area contributed by atoms with Crippen LogP contribution in [0.2, 0.25) is 0 Å². The summed E-state index contributed by atoms with van der Waals surface area (Å²) in [6.45, 7) is 5.65. The second-order valence-corrected chi connectivity index (χ2v) is 5.01. The Balaban J connectivity index is 2.27. The van der Waals surface area contributed by atoms with Gasteiger partial charge in [0, 0.05) is 31.2 Å². The van der Waals surface area contributed by atoms with Gasteiger partial charge in [0.25, 0.3) is 0 Å². The largest absolute Gasteiger partial charge is 0.374 e. The first-order valence-corrected chi connectivity index (χ1v) is 6.11. The molecule has 0 saturated carbocycles. The van der Waals surface area contributed by atoms with Crippen molar-refractivity contribution in [2.75, 3.05) is 25.5 Å². The van der Waals surface area contributed by atoms with Crippen LogP contribution in [0.15, 0.2) is 18.2 Å². The molecule has 0 aliphatic carbocycles. The molecule has 0 spiro atoms. The standard InChI is InChI=1S/C14H22N2/c1-10-6-5-7-13-14(10)12(9-16(13)4)8-11(2)15-3/h5-7,11-12,15H,8-9H2,1-4H3. The van der Waals surface area contributed by atoms with E-state index in [4.69, 9.17) is 0 Å². The van der Waals surface area contributed by atoms with Crippen molar-refractivity contribution in [3.05, 3.63) is 29.3 Å². The molecule has 2 atom stereocenters. The lowest BCUT2D eigenvalue weighted by Crippen LogP contribution is -2.25. The number of likely N-dealkylation sites (N-methyl/N-ethyl adjacent to an activating group) is 1. The molecule has 0 bridgehead atoms. The number of nitrogens with zero attached hydrogens (tertiary/aromatic N) is 1. The SMILES string of the molecule is CNC(C)CC1CN(C)c2cccc(C)c21. The lowest BCUT2D eigenvalue weighted by atomic mass is 9.91. The first-order chi connectivity index (χ1) is 7.63. The van der Waals surface area contributed by atoms with E-state index < -0.39 is 0 Å². The highest BCUT2D eigenvalue weighted by Gasteiger charge is 2.28. The molecule has 1 heterocycles. The van der Waals surface area contributed by atoms with E-state index in [9.17, 15) is 0 Å². The number of nitrogens with one attached hydrogen (secondary N) is 1. The van der Waals surface area contributed by atoms with Gasteiger partial charge in [-0.1, -0.05) is 12.1 Å². The van der Waals surface area contributed by atoms with Crippen LogP contribution in [0.3, 0.4) is 0 Å². The third-order valence-corrected chi connectivity index (χ3v) is 3.75. The number of benzene rings is 1. The van der Waals surface area contributed by atoms with Gasteiger partial charge in [0.15, 0.2) is 0 Å². The Morgan fingerprint density at radius 3 is 2.94 bits per heavy atom. The molecule has 0 aromatic heterocycles. The van der Waals surface area contributed by atoms with Crippen molar-refractivity contribution in [2.45, 2.75) is 32.2 Å². The van der Waals surface area contributed by atoms with Crippen LogP contribution in [0.25, 0.3) is 0 Å². The van der Waals surface area contributed by atoms with Gasteiger partial charge >= 0.3 is 0 Å². The maximum Gasteiger partial charge on any atom is 0.0402 e. The topological polar surface area (TPSA) is 15.3 Å². The zero-order valence-corrected chi connectivity index (χ0v) is 10.7. The summed E-state index contributed by atoms with van der Waals surface area (Å²) in [6, 6.07) is 7.22. The zero-order valence-electron chi connectivity index (χ0n) is 10.7. The molecule has 0 amide bonds. The van der Waals surface area contributed by atoms with Crippen molar-refractivity contribution in [1.29, 1.82) is 0 Å². The average Bonchev–Trinajstić information content (AvgIpc) is 2.57. The van der Waals surface area contributed by atoms with Gasteiger partial charge in [-0.25, -0.2) is 0 Å². The number of rotatable bonds is 3. The summed E-state index contributed by atoms with van der Waals surface area (Å²) in [5.74, 6) is 0.684. The Morgan fingerprint density at radius 1 is 1.50 bits per heavy atom. The molecule has 0 saturated heterocycles. The van der Waals surface area contributed by atoms with E-state index in [2.05, 4.69) is 49.3 Å². The highest BCUT2D eigenvalue weighted by atomic mass is 15.1. The Hall–Kier alpha value is -1.02. The van der Waals surface area contributed by atoms with Crippen LogP contribution in [0.1, 0.15) is 30.4 Å². The second kappa shape index (κ2) is 4.46. The smallest absolute Gasteiger partial charge is 0.0402 e. The Labute approximate surface area is 98.7 Å². The average molecular weight is 218 g/mol. The third kappa shape index (κ3) is 1.94. The fourth-order valence-corrected chi connectivity index (χ4v) is 2.79. The fourth-order valence-electron chi connectivity index (χ4n) is 2.79. The van der Waals surface area contributed by atoms with Gasteiger partial charge in [-0.05, 0) is 44.5 Å². The van der Waals surface area contributed by atoms with E-state index in [0.717, 1.165) is 6.54 Å². The summed E-state index contributed by atoms with van der Waals surface area (Å²) in [6.07, 6.45) is 1.22. The molecule has 16 heavy (non-hydrogen) atoms. The van der Waals surface area contributed by atoms with Gasteiger partial charge in [0.05, 0.1) is 0 Å². The molecular weight excluding hydrogens is 196 g/mol. The van der Waals surface area contributed by atoms with E-state index >= 15 is 0 Å². The number of aryl methyl sites for hydroxylation is 1. The predicted molar refractivity (Wildman–Crippen MR) is 70.3 cm³/mol. The van der Waals surface area contributed by atoms with Crippen LogP contribution in [0.4, 0.5) is 5.69 Å². The Morgan fingerprint density at radius 2 is 2.25 bits per heavy atom. The molecule has 2 heteroatoms. The molecule has 2 nitrogen and oxygen atoms in total. The highest BCUT2D eigenvalue weighted by molar-refractivity contribution is 5.62. The molecule has 88 valence electrons. The molecule has 1 aromatic rings. The Bertz CT molecular complexity index is 373. The Kier molecular flexibility index (Phi) is 3.20. The summed E-state index contributed by atoms with van der Waals surface area (Å²) in [7, 11) is 4.24. The minimum absolute atomic E-state index is 0.587. The van der Waals surface area contributed by atoms with Gasteiger partial charge in [0.2, 0.25) is 0 Å². The number of hydrogen-bond acceptors (Lipinski definition) is 2. The van der Waals surface area contributed by atoms with E-state index in [0.29, 0.717) is 12.0 Å². The molecule has 2 rings (SSSR count). The van der Waals surface area contributed by atoms with Gasteiger partial charge in [-0.15, -0.1) is 0 Å². The molecule has 1 aromatic carbocycles. The van der Waals surface area contributed by atoms with E-state index in [1.807, 2.05) is 7.05 Å².